The molecule has 3 nitrogen and oxygen atoms in total. The molecule has 0 saturated heterocycles. The van der Waals surface area contributed by atoms with E-state index >= 15 is 0 Å². The van der Waals surface area contributed by atoms with Crippen molar-refractivity contribution in [2.75, 3.05) is 6.61 Å². The Hall–Kier alpha value is -0.830. The van der Waals surface area contributed by atoms with Crippen molar-refractivity contribution in [3.8, 4) is 0 Å². The fourth-order valence-corrected chi connectivity index (χ4v) is 1.60. The van der Waals surface area contributed by atoms with Crippen LogP contribution in [-0.4, -0.2) is 18.6 Å². The second-order valence-corrected chi connectivity index (χ2v) is 5.53. The summed E-state index contributed by atoms with van der Waals surface area (Å²) in [5.41, 5.74) is 7.60. The molecule has 0 aliphatic carbocycles. The van der Waals surface area contributed by atoms with Gasteiger partial charge in [-0.2, -0.15) is 0 Å². The maximum absolute atomic E-state index is 11.8. The SMILES string of the molecule is CC(C(=O)OCC(C)C)=C(CC(C)C)C(C)N. The van der Waals surface area contributed by atoms with E-state index in [2.05, 4.69) is 13.8 Å². The van der Waals surface area contributed by atoms with E-state index in [1.54, 1.807) is 0 Å². The molecule has 0 amide bonds. The van der Waals surface area contributed by atoms with E-state index in [0.717, 1.165) is 12.0 Å². The number of carbonyl (C=O) groups is 1. The largest absolute Gasteiger partial charge is 0.462 e. The van der Waals surface area contributed by atoms with Crippen LogP contribution in [0.25, 0.3) is 0 Å². The van der Waals surface area contributed by atoms with Crippen molar-refractivity contribution >= 4 is 5.97 Å². The summed E-state index contributed by atoms with van der Waals surface area (Å²) in [5, 5.41) is 0. The molecule has 0 aromatic heterocycles. The van der Waals surface area contributed by atoms with Gasteiger partial charge >= 0.3 is 5.97 Å². The molecule has 3 heteroatoms. The third-order valence-corrected chi connectivity index (χ3v) is 2.51. The van der Waals surface area contributed by atoms with Gasteiger partial charge in [0.05, 0.1) is 6.61 Å². The molecule has 0 aromatic carbocycles. The zero-order valence-corrected chi connectivity index (χ0v) is 12.0. The average Bonchev–Trinajstić information content (AvgIpc) is 2.20. The van der Waals surface area contributed by atoms with Crippen molar-refractivity contribution < 1.29 is 9.53 Å². The minimum absolute atomic E-state index is 0.0935. The van der Waals surface area contributed by atoms with E-state index in [-0.39, 0.29) is 12.0 Å². The molecule has 0 aliphatic rings. The first-order valence-corrected chi connectivity index (χ1v) is 6.38. The minimum Gasteiger partial charge on any atom is -0.462 e. The van der Waals surface area contributed by atoms with Gasteiger partial charge in [0.1, 0.15) is 0 Å². The lowest BCUT2D eigenvalue weighted by molar-refractivity contribution is -0.140. The summed E-state index contributed by atoms with van der Waals surface area (Å²) in [5.74, 6) is 0.617. The second kappa shape index (κ2) is 7.49. The van der Waals surface area contributed by atoms with Crippen LogP contribution in [0.15, 0.2) is 11.1 Å². The molecule has 0 aromatic rings. The highest BCUT2D eigenvalue weighted by Crippen LogP contribution is 2.19. The predicted molar refractivity (Wildman–Crippen MR) is 71.6 cm³/mol. The van der Waals surface area contributed by atoms with Gasteiger partial charge in [-0.05, 0) is 37.7 Å². The number of ether oxygens (including phenoxy) is 1. The summed E-state index contributed by atoms with van der Waals surface area (Å²) in [7, 11) is 0. The Kier molecular flexibility index (Phi) is 7.12. The maximum atomic E-state index is 11.8. The highest BCUT2D eigenvalue weighted by Gasteiger charge is 2.16. The van der Waals surface area contributed by atoms with Crippen LogP contribution < -0.4 is 5.73 Å². The Labute approximate surface area is 105 Å². The smallest absolute Gasteiger partial charge is 0.333 e. The summed E-state index contributed by atoms with van der Waals surface area (Å²) >= 11 is 0. The summed E-state index contributed by atoms with van der Waals surface area (Å²) in [6, 6.07) is -0.0935. The maximum Gasteiger partial charge on any atom is 0.333 e. The van der Waals surface area contributed by atoms with Crippen LogP contribution in [0.2, 0.25) is 0 Å². The Morgan fingerprint density at radius 2 is 1.65 bits per heavy atom. The van der Waals surface area contributed by atoms with E-state index in [9.17, 15) is 4.79 Å². The van der Waals surface area contributed by atoms with Gasteiger partial charge in [0.2, 0.25) is 0 Å². The van der Waals surface area contributed by atoms with Gasteiger partial charge in [-0.1, -0.05) is 27.7 Å². The first kappa shape index (κ1) is 16.2. The van der Waals surface area contributed by atoms with Crippen LogP contribution in [0.5, 0.6) is 0 Å². The molecule has 1 unspecified atom stereocenters. The predicted octanol–water partition coefficient (Wildman–Crippen LogP) is 2.90. The molecule has 0 spiro atoms. The molecule has 2 N–H and O–H groups in total. The van der Waals surface area contributed by atoms with Gasteiger partial charge < -0.3 is 10.5 Å². The standard InChI is InChI=1S/C14H27NO2/c1-9(2)7-13(12(6)15)11(5)14(16)17-8-10(3)4/h9-10,12H,7-8,15H2,1-6H3. The molecule has 17 heavy (non-hydrogen) atoms. The Morgan fingerprint density at radius 3 is 2.00 bits per heavy atom. The number of hydrogen-bond donors (Lipinski definition) is 1. The number of hydrogen-bond acceptors (Lipinski definition) is 3. The highest BCUT2D eigenvalue weighted by molar-refractivity contribution is 5.88. The van der Waals surface area contributed by atoms with E-state index < -0.39 is 0 Å². The van der Waals surface area contributed by atoms with Crippen LogP contribution in [-0.2, 0) is 9.53 Å². The lowest BCUT2D eigenvalue weighted by Gasteiger charge is -2.17. The summed E-state index contributed by atoms with van der Waals surface area (Å²) < 4.78 is 5.23. The third kappa shape index (κ3) is 6.47. The minimum atomic E-state index is -0.230. The van der Waals surface area contributed by atoms with Crippen molar-refractivity contribution in [3.63, 3.8) is 0 Å². The van der Waals surface area contributed by atoms with Gasteiger partial charge in [0, 0.05) is 11.6 Å². The molecule has 0 aliphatic heterocycles. The number of esters is 1. The molecule has 0 saturated carbocycles. The number of nitrogens with two attached hydrogens (primary N) is 1. The molecule has 1 atom stereocenters. The van der Waals surface area contributed by atoms with Crippen molar-refractivity contribution in [1.29, 1.82) is 0 Å². The van der Waals surface area contributed by atoms with Gasteiger partial charge in [-0.15, -0.1) is 0 Å². The molecule has 100 valence electrons. The van der Waals surface area contributed by atoms with Crippen molar-refractivity contribution in [3.05, 3.63) is 11.1 Å². The van der Waals surface area contributed by atoms with Crippen LogP contribution in [0.3, 0.4) is 0 Å². The monoisotopic (exact) mass is 241 g/mol. The zero-order valence-electron chi connectivity index (χ0n) is 12.0. The first-order chi connectivity index (χ1) is 7.75. The van der Waals surface area contributed by atoms with Gasteiger partial charge in [0.25, 0.3) is 0 Å². The number of rotatable bonds is 6. The molecular formula is C14H27NO2. The number of carbonyl (C=O) groups excluding carboxylic acids is 1. The molecule has 0 rings (SSSR count). The fourth-order valence-electron chi connectivity index (χ4n) is 1.60. The molecule has 0 radical (unpaired) electrons. The topological polar surface area (TPSA) is 52.3 Å². The van der Waals surface area contributed by atoms with Crippen molar-refractivity contribution in [2.45, 2.75) is 54.0 Å². The Balaban J connectivity index is 4.75. The van der Waals surface area contributed by atoms with E-state index in [1.807, 2.05) is 27.7 Å². The second-order valence-electron chi connectivity index (χ2n) is 5.53. The van der Waals surface area contributed by atoms with Gasteiger partial charge in [-0.3, -0.25) is 0 Å². The van der Waals surface area contributed by atoms with Gasteiger partial charge in [0.15, 0.2) is 0 Å². The lowest BCUT2D eigenvalue weighted by Crippen LogP contribution is -2.23. The van der Waals surface area contributed by atoms with E-state index in [4.69, 9.17) is 10.5 Å². The third-order valence-electron chi connectivity index (χ3n) is 2.51. The van der Waals surface area contributed by atoms with Crippen LogP contribution >= 0.6 is 0 Å². The fraction of sp³-hybridized carbons (Fsp3) is 0.786. The van der Waals surface area contributed by atoms with Crippen molar-refractivity contribution in [1.82, 2.24) is 0 Å². The summed E-state index contributed by atoms with van der Waals surface area (Å²) in [6.07, 6.45) is 0.847. The molecule has 0 fully saturated rings. The lowest BCUT2D eigenvalue weighted by atomic mass is 9.94. The quantitative estimate of drug-likeness (QED) is 0.574. The summed E-state index contributed by atoms with van der Waals surface area (Å²) in [4.78, 5) is 11.8. The summed E-state index contributed by atoms with van der Waals surface area (Å²) in [6.45, 7) is 12.5. The average molecular weight is 241 g/mol. The van der Waals surface area contributed by atoms with Gasteiger partial charge in [-0.25, -0.2) is 4.79 Å². The van der Waals surface area contributed by atoms with Crippen LogP contribution in [0.4, 0.5) is 0 Å². The zero-order chi connectivity index (χ0) is 13.6. The molecule has 0 heterocycles. The Bertz CT molecular complexity index is 278. The Morgan fingerprint density at radius 1 is 1.12 bits per heavy atom. The van der Waals surface area contributed by atoms with E-state index in [0.29, 0.717) is 24.0 Å². The first-order valence-electron chi connectivity index (χ1n) is 6.38. The highest BCUT2D eigenvalue weighted by atomic mass is 16.5. The van der Waals surface area contributed by atoms with E-state index in [1.165, 1.54) is 0 Å². The molecular weight excluding hydrogens is 214 g/mol. The normalized spacial score (nSPS) is 14.9. The van der Waals surface area contributed by atoms with Crippen molar-refractivity contribution in [2.24, 2.45) is 17.6 Å². The van der Waals surface area contributed by atoms with Crippen LogP contribution in [0, 0.1) is 11.8 Å². The molecule has 0 bridgehead atoms. The van der Waals surface area contributed by atoms with Crippen LogP contribution in [0.1, 0.15) is 48.0 Å².